The maximum absolute atomic E-state index is 10.1. The van der Waals surface area contributed by atoms with E-state index >= 15 is 0 Å². The smallest absolute Gasteiger partial charge is 0.0492 e. The molecule has 2 aromatic carbocycles. The van der Waals surface area contributed by atoms with Gasteiger partial charge in [-0.1, -0.05) is 474 Å². The van der Waals surface area contributed by atoms with Gasteiger partial charge in [-0.3, -0.25) is 0 Å². The van der Waals surface area contributed by atoms with Crippen LogP contribution in [0.2, 0.25) is 0 Å². The molecule has 0 aliphatic carbocycles. The molecule has 6 nitrogen and oxygen atoms in total. The Morgan fingerprint density at radius 1 is 0.174 bits per heavy atom. The molecule has 0 saturated carbocycles. The second-order valence-electron chi connectivity index (χ2n) is 28.9. The minimum absolute atomic E-state index is 0.551. The Bertz CT molecular complexity index is 1390. The summed E-state index contributed by atoms with van der Waals surface area (Å²) in [5, 5.41) is 34.5. The SMILES string of the molecule is CCCCCCCCCCCCCCCCCCN(O)CCCCCCCCCCCCCCCCCC.CCCCCCCCCCCCCCCCCCN(O)CCCCCCCCCCCCCCCCCC.ON(Cc1ccccc1)Cc1ccccc1. The molecule has 0 aliphatic rings. The van der Waals surface area contributed by atoms with Gasteiger partial charge in [0.05, 0.1) is 0 Å². The standard InChI is InChI=1S/2C36H75NO.C14H15NO/c2*1-3-5-7-9-11-13-15-17-19-21-23-25-27-29-31-33-35-37(38)36-34-32-30-28-26-24-22-20-18-16-14-12-10-8-6-4-2;16-15(11-13-7-3-1-4-8-13)12-14-9-5-2-6-10-14/h2*38H,3-36H2,1-2H3;1-10,16H,11-12H2. The van der Waals surface area contributed by atoms with Crippen LogP contribution in [-0.2, 0) is 13.1 Å². The monoisotopic (exact) mass is 1290 g/mol. The van der Waals surface area contributed by atoms with Crippen molar-refractivity contribution in [1.29, 1.82) is 0 Å². The largest absolute Gasteiger partial charge is 0.314 e. The highest BCUT2D eigenvalue weighted by molar-refractivity contribution is 5.16. The summed E-state index contributed by atoms with van der Waals surface area (Å²) >= 11 is 0. The van der Waals surface area contributed by atoms with Crippen molar-refractivity contribution in [1.82, 2.24) is 15.2 Å². The van der Waals surface area contributed by atoms with Crippen LogP contribution >= 0.6 is 0 Å². The van der Waals surface area contributed by atoms with Crippen molar-refractivity contribution in [2.75, 3.05) is 26.2 Å². The number of rotatable bonds is 72. The summed E-state index contributed by atoms with van der Waals surface area (Å²) in [6, 6.07) is 19.9. The van der Waals surface area contributed by atoms with E-state index in [-0.39, 0.29) is 0 Å². The number of benzene rings is 2. The minimum Gasteiger partial charge on any atom is -0.314 e. The quantitative estimate of drug-likeness (QED) is 0.0453. The maximum Gasteiger partial charge on any atom is 0.0492 e. The summed E-state index contributed by atoms with van der Waals surface area (Å²) in [6.07, 6.45) is 89.9. The Morgan fingerprint density at radius 3 is 0.446 bits per heavy atom. The van der Waals surface area contributed by atoms with Gasteiger partial charge in [0.15, 0.2) is 0 Å². The molecule has 0 heterocycles. The predicted molar refractivity (Wildman–Crippen MR) is 409 cm³/mol. The van der Waals surface area contributed by atoms with Crippen molar-refractivity contribution >= 4 is 0 Å². The third-order valence-electron chi connectivity index (χ3n) is 19.5. The molecule has 0 unspecified atom stereocenters. The van der Waals surface area contributed by atoms with E-state index in [4.69, 9.17) is 0 Å². The first-order valence-corrected chi connectivity index (χ1v) is 41.9. The first kappa shape index (κ1) is 90.2. The van der Waals surface area contributed by atoms with Crippen molar-refractivity contribution in [3.63, 3.8) is 0 Å². The van der Waals surface area contributed by atoms with Crippen molar-refractivity contribution in [3.05, 3.63) is 71.8 Å². The Morgan fingerprint density at radius 2 is 0.304 bits per heavy atom. The van der Waals surface area contributed by atoms with E-state index in [1.54, 1.807) is 10.1 Å². The number of unbranched alkanes of at least 4 members (excludes halogenated alkanes) is 60. The Hall–Kier alpha value is -1.80. The van der Waals surface area contributed by atoms with Gasteiger partial charge >= 0.3 is 0 Å². The first-order valence-electron chi connectivity index (χ1n) is 41.9. The van der Waals surface area contributed by atoms with Crippen LogP contribution in [-0.4, -0.2) is 57.0 Å². The lowest BCUT2D eigenvalue weighted by Crippen LogP contribution is -2.21. The molecule has 0 bridgehead atoms. The molecular formula is C86H165N3O3. The lowest BCUT2D eigenvalue weighted by molar-refractivity contribution is -0.108. The Kier molecular flexibility index (Phi) is 78.3. The topological polar surface area (TPSA) is 70.4 Å². The molecule has 92 heavy (non-hydrogen) atoms. The van der Waals surface area contributed by atoms with Crippen LogP contribution in [0.4, 0.5) is 0 Å². The van der Waals surface area contributed by atoms with Crippen LogP contribution < -0.4 is 0 Å². The molecule has 0 fully saturated rings. The van der Waals surface area contributed by atoms with Crippen LogP contribution in [0, 0.1) is 0 Å². The van der Waals surface area contributed by atoms with Crippen LogP contribution in [0.1, 0.15) is 450 Å². The van der Waals surface area contributed by atoms with E-state index in [1.165, 1.54) is 390 Å². The van der Waals surface area contributed by atoms with Gasteiger partial charge in [-0.25, -0.2) is 0 Å². The predicted octanol–water partition coefficient (Wildman–Crippen LogP) is 29.5. The minimum atomic E-state index is 0.551. The average molecular weight is 1290 g/mol. The molecule has 0 aliphatic heterocycles. The Labute approximate surface area is 577 Å². The van der Waals surface area contributed by atoms with Crippen molar-refractivity contribution < 1.29 is 15.6 Å². The molecule has 542 valence electrons. The van der Waals surface area contributed by atoms with E-state index < -0.39 is 0 Å². The summed E-state index contributed by atoms with van der Waals surface area (Å²) in [6.45, 7) is 13.8. The zero-order valence-electron chi connectivity index (χ0n) is 63.0. The third-order valence-corrected chi connectivity index (χ3v) is 19.5. The van der Waals surface area contributed by atoms with Gasteiger partial charge in [0.25, 0.3) is 0 Å². The van der Waals surface area contributed by atoms with Crippen LogP contribution in [0.25, 0.3) is 0 Å². The van der Waals surface area contributed by atoms with Gasteiger partial charge in [-0.15, -0.1) is 0 Å². The lowest BCUT2D eigenvalue weighted by atomic mass is 10.0. The third kappa shape index (κ3) is 75.6. The van der Waals surface area contributed by atoms with Gasteiger partial charge in [0, 0.05) is 39.3 Å². The van der Waals surface area contributed by atoms with Crippen LogP contribution in [0.5, 0.6) is 0 Å². The number of hydroxylamine groups is 6. The van der Waals surface area contributed by atoms with Crippen LogP contribution in [0.15, 0.2) is 60.7 Å². The second-order valence-corrected chi connectivity index (χ2v) is 28.9. The van der Waals surface area contributed by atoms with Crippen molar-refractivity contribution in [2.45, 2.75) is 452 Å². The van der Waals surface area contributed by atoms with E-state index in [9.17, 15) is 15.6 Å². The highest BCUT2D eigenvalue weighted by Gasteiger charge is 2.06. The lowest BCUT2D eigenvalue weighted by Gasteiger charge is -2.14. The van der Waals surface area contributed by atoms with Gasteiger partial charge < -0.3 is 15.6 Å². The maximum atomic E-state index is 10.1. The normalized spacial score (nSPS) is 11.5. The molecule has 3 N–H and O–H groups in total. The van der Waals surface area contributed by atoms with Gasteiger partial charge in [-0.2, -0.15) is 15.2 Å². The van der Waals surface area contributed by atoms with Crippen molar-refractivity contribution in [3.8, 4) is 0 Å². The summed E-state index contributed by atoms with van der Waals surface area (Å²) < 4.78 is 0. The summed E-state index contributed by atoms with van der Waals surface area (Å²) in [7, 11) is 0. The van der Waals surface area contributed by atoms with E-state index in [2.05, 4.69) is 27.7 Å². The van der Waals surface area contributed by atoms with Crippen LogP contribution in [0.3, 0.4) is 0 Å². The molecule has 0 saturated heterocycles. The molecule has 0 radical (unpaired) electrons. The summed E-state index contributed by atoms with van der Waals surface area (Å²) in [5.74, 6) is 0. The van der Waals surface area contributed by atoms with E-state index in [0.717, 1.165) is 63.0 Å². The fourth-order valence-electron chi connectivity index (χ4n) is 13.2. The van der Waals surface area contributed by atoms with E-state index in [1.807, 2.05) is 60.7 Å². The first-order chi connectivity index (χ1) is 45.5. The molecule has 6 heteroatoms. The number of hydrogen-bond donors (Lipinski definition) is 3. The fourth-order valence-corrected chi connectivity index (χ4v) is 13.2. The molecule has 2 aromatic rings. The molecule has 0 atom stereocenters. The molecule has 0 aromatic heterocycles. The molecular weight excluding hydrogens is 1120 g/mol. The Balaban J connectivity index is 0.00000145. The zero-order chi connectivity index (χ0) is 66.5. The molecule has 2 rings (SSSR count). The number of nitrogens with zero attached hydrogens (tertiary/aromatic N) is 3. The second kappa shape index (κ2) is 79.9. The average Bonchev–Trinajstić information content (AvgIpc) is 3.60. The highest BCUT2D eigenvalue weighted by Crippen LogP contribution is 2.19. The zero-order valence-corrected chi connectivity index (χ0v) is 63.0. The summed E-state index contributed by atoms with van der Waals surface area (Å²) in [5.41, 5.74) is 2.22. The van der Waals surface area contributed by atoms with Gasteiger partial charge in [-0.05, 0) is 36.8 Å². The molecule has 0 spiro atoms. The fraction of sp³-hybridized carbons (Fsp3) is 0.860. The summed E-state index contributed by atoms with van der Waals surface area (Å²) in [4.78, 5) is 0. The van der Waals surface area contributed by atoms with Gasteiger partial charge in [0.2, 0.25) is 0 Å². The molecule has 0 amide bonds. The van der Waals surface area contributed by atoms with Gasteiger partial charge in [0.1, 0.15) is 0 Å². The highest BCUT2D eigenvalue weighted by atomic mass is 16.5. The van der Waals surface area contributed by atoms with Crippen molar-refractivity contribution in [2.24, 2.45) is 0 Å². The number of hydrogen-bond acceptors (Lipinski definition) is 6. The van der Waals surface area contributed by atoms with E-state index in [0.29, 0.717) is 13.1 Å².